The molecule has 202 valence electrons. The number of anilines is 1. The first kappa shape index (κ1) is 26.3. The van der Waals surface area contributed by atoms with Crippen LogP contribution in [0, 0.1) is 13.8 Å². The van der Waals surface area contributed by atoms with Gasteiger partial charge in [0.25, 0.3) is 0 Å². The highest BCUT2D eigenvalue weighted by atomic mass is 35.5. The summed E-state index contributed by atoms with van der Waals surface area (Å²) in [5, 5.41) is 14.4. The minimum Gasteiger partial charge on any atom is -0.346 e. The first-order valence-corrected chi connectivity index (χ1v) is 13.7. The number of amides is 2. The van der Waals surface area contributed by atoms with E-state index in [1.165, 1.54) is 6.08 Å². The summed E-state index contributed by atoms with van der Waals surface area (Å²) in [5.74, 6) is 0.945. The van der Waals surface area contributed by atoms with Crippen LogP contribution in [-0.2, 0) is 9.59 Å². The van der Waals surface area contributed by atoms with Crippen LogP contribution >= 0.6 is 11.6 Å². The molecule has 0 saturated carbocycles. The monoisotopic (exact) mass is 537 g/mol. The van der Waals surface area contributed by atoms with Crippen LogP contribution in [0.3, 0.4) is 0 Å². The van der Waals surface area contributed by atoms with Gasteiger partial charge in [-0.15, -0.1) is 0 Å². The summed E-state index contributed by atoms with van der Waals surface area (Å²) in [4.78, 5) is 30.5. The number of H-pyrrole nitrogens is 1. The quantitative estimate of drug-likeness (QED) is 0.495. The third kappa shape index (κ3) is 4.36. The van der Waals surface area contributed by atoms with E-state index in [1.807, 2.05) is 29.0 Å². The van der Waals surface area contributed by atoms with Gasteiger partial charge < -0.3 is 14.7 Å². The number of carbonyl (C=O) groups excluding carboxylic acids is 2. The Hall–Kier alpha value is -3.33. The molecule has 0 bridgehead atoms. The fraction of sp³-hybridized carbons (Fsp3) is 0.500. The number of nitrogens with zero attached hydrogens (tertiary/aromatic N) is 6. The molecule has 9 nitrogen and oxygen atoms in total. The van der Waals surface area contributed by atoms with Crippen LogP contribution in [0.5, 0.6) is 0 Å². The highest BCUT2D eigenvalue weighted by Gasteiger charge is 2.37. The summed E-state index contributed by atoms with van der Waals surface area (Å²) in [6, 6.07) is 2.32. The fourth-order valence-corrected chi connectivity index (χ4v) is 6.49. The first-order chi connectivity index (χ1) is 18.1. The van der Waals surface area contributed by atoms with Gasteiger partial charge >= 0.3 is 0 Å². The second-order valence-corrected chi connectivity index (χ2v) is 11.1. The first-order valence-electron chi connectivity index (χ1n) is 13.3. The van der Waals surface area contributed by atoms with E-state index in [2.05, 4.69) is 47.1 Å². The number of hydrogen-bond acceptors (Lipinski definition) is 5. The van der Waals surface area contributed by atoms with Crippen LogP contribution in [0.15, 0.2) is 24.9 Å². The zero-order valence-electron chi connectivity index (χ0n) is 22.8. The molecule has 2 amide bonds. The summed E-state index contributed by atoms with van der Waals surface area (Å²) in [5.41, 5.74) is 4.87. The smallest absolute Gasteiger partial charge is 0.245 e. The normalized spacial score (nSPS) is 20.8. The molecule has 0 unspecified atom stereocenters. The molecule has 10 heteroatoms. The van der Waals surface area contributed by atoms with E-state index in [9.17, 15) is 9.59 Å². The number of aryl methyl sites for hydroxylation is 1. The van der Waals surface area contributed by atoms with Crippen molar-refractivity contribution in [3.63, 3.8) is 0 Å². The van der Waals surface area contributed by atoms with Crippen molar-refractivity contribution < 1.29 is 9.59 Å². The van der Waals surface area contributed by atoms with Crippen molar-refractivity contribution in [3.05, 3.63) is 41.2 Å². The molecule has 2 fully saturated rings. The van der Waals surface area contributed by atoms with Crippen LogP contribution in [0.1, 0.15) is 50.9 Å². The number of aromatic amines is 1. The predicted molar refractivity (Wildman–Crippen MR) is 151 cm³/mol. The molecule has 5 rings (SSSR count). The summed E-state index contributed by atoms with van der Waals surface area (Å²) >= 11 is 7.05. The van der Waals surface area contributed by atoms with Gasteiger partial charge in [-0.25, -0.2) is 0 Å². The predicted octanol–water partition coefficient (Wildman–Crippen LogP) is 4.49. The molecule has 0 aliphatic carbocycles. The van der Waals surface area contributed by atoms with E-state index in [0.29, 0.717) is 31.2 Å². The van der Waals surface area contributed by atoms with Gasteiger partial charge in [-0.05, 0) is 58.2 Å². The molecule has 2 atom stereocenters. The lowest BCUT2D eigenvalue weighted by Crippen LogP contribution is -2.58. The van der Waals surface area contributed by atoms with Crippen LogP contribution in [0.25, 0.3) is 22.0 Å². The Morgan fingerprint density at radius 2 is 1.76 bits per heavy atom. The Bertz CT molecular complexity index is 1390. The zero-order chi connectivity index (χ0) is 27.3. The summed E-state index contributed by atoms with van der Waals surface area (Å²) in [6.07, 6.45) is 4.84. The Labute approximate surface area is 228 Å². The molecular formula is C28H36ClN7O2. The molecule has 2 aliphatic rings. The molecule has 1 aromatic carbocycles. The van der Waals surface area contributed by atoms with Crippen LogP contribution in [0.2, 0.25) is 5.02 Å². The van der Waals surface area contributed by atoms with E-state index in [-0.39, 0.29) is 29.9 Å². The zero-order valence-corrected chi connectivity index (χ0v) is 23.5. The van der Waals surface area contributed by atoms with Crippen LogP contribution < -0.4 is 4.90 Å². The lowest BCUT2D eigenvalue weighted by molar-refractivity contribution is -0.130. The van der Waals surface area contributed by atoms with Gasteiger partial charge in [0, 0.05) is 67.4 Å². The number of carbonyl (C=O) groups is 2. The third-order valence-corrected chi connectivity index (χ3v) is 8.64. The van der Waals surface area contributed by atoms with E-state index in [0.717, 1.165) is 51.9 Å². The SMILES string of the molecule is C=CC(=O)N1CCC(n2nc(N3[C@@H](C)CN(C(C)=O)C[C@@H]3C)c(-c3c(Cl)c(C)cc4[nH]ncc34)c2C)CC1. The molecule has 0 radical (unpaired) electrons. The maximum Gasteiger partial charge on any atom is 0.245 e. The maximum atomic E-state index is 12.2. The fourth-order valence-electron chi connectivity index (χ4n) is 6.23. The molecule has 3 aromatic rings. The van der Waals surface area contributed by atoms with Gasteiger partial charge in [0.2, 0.25) is 11.8 Å². The van der Waals surface area contributed by atoms with Gasteiger partial charge in [-0.2, -0.15) is 10.2 Å². The number of likely N-dealkylation sites (tertiary alicyclic amines) is 1. The van der Waals surface area contributed by atoms with Crippen LogP contribution in [0.4, 0.5) is 5.82 Å². The minimum atomic E-state index is -0.0260. The van der Waals surface area contributed by atoms with Crippen molar-refractivity contribution in [1.82, 2.24) is 29.8 Å². The Morgan fingerprint density at radius 3 is 2.37 bits per heavy atom. The molecule has 2 aliphatic heterocycles. The lowest BCUT2D eigenvalue weighted by Gasteiger charge is -2.45. The van der Waals surface area contributed by atoms with Gasteiger partial charge in [0.1, 0.15) is 0 Å². The Morgan fingerprint density at radius 1 is 1.11 bits per heavy atom. The average molecular weight is 538 g/mol. The van der Waals surface area contributed by atoms with Crippen LogP contribution in [-0.4, -0.2) is 79.9 Å². The van der Waals surface area contributed by atoms with Crippen molar-refractivity contribution >= 4 is 40.1 Å². The Balaban J connectivity index is 1.65. The summed E-state index contributed by atoms with van der Waals surface area (Å²) in [6.45, 7) is 16.3. The second-order valence-electron chi connectivity index (χ2n) is 10.7. The number of benzene rings is 1. The molecular weight excluding hydrogens is 502 g/mol. The largest absolute Gasteiger partial charge is 0.346 e. The molecule has 38 heavy (non-hydrogen) atoms. The summed E-state index contributed by atoms with van der Waals surface area (Å²) < 4.78 is 2.14. The number of fused-ring (bicyclic) bond motifs is 1. The number of rotatable bonds is 4. The van der Waals surface area contributed by atoms with Gasteiger partial charge in [0.05, 0.1) is 22.8 Å². The number of piperidine rings is 1. The standard InChI is InChI=1S/C28H36ClN7O2/c1-7-24(38)33-10-8-21(9-11-33)36-19(5)25(26-22-13-30-31-23(22)12-16(2)27(26)29)28(32-36)35-17(3)14-34(20(6)37)15-18(35)4/h7,12-13,17-18,21H,1,8-11,14-15H2,2-6H3,(H,30,31)/t17-,18-/m0/s1. The number of nitrogens with one attached hydrogen (secondary N) is 1. The van der Waals surface area contributed by atoms with Crippen molar-refractivity contribution in [2.75, 3.05) is 31.1 Å². The average Bonchev–Trinajstić information content (AvgIpc) is 3.48. The van der Waals surface area contributed by atoms with Crippen molar-refractivity contribution in [2.24, 2.45) is 0 Å². The lowest BCUT2D eigenvalue weighted by atomic mass is 9.97. The van der Waals surface area contributed by atoms with Gasteiger partial charge in [-0.1, -0.05) is 18.2 Å². The Kier molecular flexibility index (Phi) is 6.98. The van der Waals surface area contributed by atoms with Gasteiger partial charge in [-0.3, -0.25) is 19.4 Å². The summed E-state index contributed by atoms with van der Waals surface area (Å²) in [7, 11) is 0. The molecule has 2 saturated heterocycles. The number of hydrogen-bond donors (Lipinski definition) is 1. The molecule has 4 heterocycles. The van der Waals surface area contributed by atoms with E-state index < -0.39 is 0 Å². The second kappa shape index (κ2) is 10.1. The van der Waals surface area contributed by atoms with E-state index in [4.69, 9.17) is 16.7 Å². The van der Waals surface area contributed by atoms with Gasteiger partial charge in [0.15, 0.2) is 5.82 Å². The topological polar surface area (TPSA) is 90.4 Å². The highest BCUT2D eigenvalue weighted by molar-refractivity contribution is 6.36. The van der Waals surface area contributed by atoms with Crippen molar-refractivity contribution in [2.45, 2.75) is 65.6 Å². The maximum absolute atomic E-state index is 12.2. The van der Waals surface area contributed by atoms with Crippen molar-refractivity contribution in [1.29, 1.82) is 0 Å². The number of piperazine rings is 1. The van der Waals surface area contributed by atoms with Crippen molar-refractivity contribution in [3.8, 4) is 11.1 Å². The molecule has 1 N–H and O–H groups in total. The number of aromatic nitrogens is 4. The van der Waals surface area contributed by atoms with E-state index in [1.54, 1.807) is 6.92 Å². The highest BCUT2D eigenvalue weighted by Crippen LogP contribution is 2.45. The minimum absolute atomic E-state index is 0.0260. The van der Waals surface area contributed by atoms with E-state index >= 15 is 0 Å². The third-order valence-electron chi connectivity index (χ3n) is 8.15. The number of halogens is 1. The molecule has 2 aromatic heterocycles. The molecule has 0 spiro atoms.